The highest BCUT2D eigenvalue weighted by Gasteiger charge is 2.22. The molecule has 2 aromatic rings. The van der Waals surface area contributed by atoms with E-state index in [0.29, 0.717) is 12.2 Å². The average Bonchev–Trinajstić information content (AvgIpc) is 2.92. The minimum atomic E-state index is -0.463. The second kappa shape index (κ2) is 6.74. The zero-order chi connectivity index (χ0) is 13.7. The molecule has 2 rings (SSSR count). The molecule has 1 aromatic heterocycles. The summed E-state index contributed by atoms with van der Waals surface area (Å²) in [4.78, 5) is 19.7. The summed E-state index contributed by atoms with van der Waals surface area (Å²) in [5, 5.41) is 8.36. The molecule has 0 fully saturated rings. The highest BCUT2D eigenvalue weighted by atomic mass is 79.9. The van der Waals surface area contributed by atoms with Gasteiger partial charge in [-0.15, -0.1) is 11.8 Å². The van der Waals surface area contributed by atoms with Crippen LogP contribution in [0.4, 0.5) is 0 Å². The lowest BCUT2D eigenvalue weighted by atomic mass is 10.3. The van der Waals surface area contributed by atoms with E-state index < -0.39 is 11.2 Å². The maximum atomic E-state index is 11.7. The van der Waals surface area contributed by atoms with Gasteiger partial charge in [0.1, 0.15) is 5.82 Å². The Hall–Kier alpha value is -1.31. The van der Waals surface area contributed by atoms with Gasteiger partial charge < -0.3 is 4.98 Å². The van der Waals surface area contributed by atoms with Crippen LogP contribution in [0.1, 0.15) is 5.82 Å². The van der Waals surface area contributed by atoms with Gasteiger partial charge in [-0.25, -0.2) is 10.5 Å². The molecule has 1 unspecified atom stereocenters. The first kappa shape index (κ1) is 14.1. The van der Waals surface area contributed by atoms with E-state index in [4.69, 9.17) is 5.21 Å². The Morgan fingerprint density at radius 1 is 1.53 bits per heavy atom. The van der Waals surface area contributed by atoms with Gasteiger partial charge in [-0.1, -0.05) is 12.1 Å². The maximum absolute atomic E-state index is 11.7. The van der Waals surface area contributed by atoms with Crippen molar-refractivity contribution in [2.24, 2.45) is 0 Å². The monoisotopic (exact) mass is 341 g/mol. The number of benzene rings is 1. The second-order valence-corrected chi connectivity index (χ2v) is 5.85. The summed E-state index contributed by atoms with van der Waals surface area (Å²) in [5.74, 6) is 0.255. The molecular formula is C12H12BrN3O2S. The number of H-pyrrole nitrogens is 1. The first-order valence-corrected chi connectivity index (χ1v) is 7.21. The number of hydroxylamine groups is 1. The number of amides is 1. The summed E-state index contributed by atoms with van der Waals surface area (Å²) in [5.41, 5.74) is 1.70. The average molecular weight is 342 g/mol. The fourth-order valence-electron chi connectivity index (χ4n) is 1.54. The molecule has 1 heterocycles. The van der Waals surface area contributed by atoms with Crippen LogP contribution in [0.2, 0.25) is 0 Å². The van der Waals surface area contributed by atoms with Gasteiger partial charge in [-0.2, -0.15) is 0 Å². The van der Waals surface area contributed by atoms with Gasteiger partial charge in [-0.05, 0) is 28.1 Å². The van der Waals surface area contributed by atoms with Crippen LogP contribution in [0, 0.1) is 0 Å². The lowest BCUT2D eigenvalue weighted by molar-refractivity contribution is -0.128. The van der Waals surface area contributed by atoms with Gasteiger partial charge in [0, 0.05) is 28.2 Å². The summed E-state index contributed by atoms with van der Waals surface area (Å²) in [6.07, 6.45) is 3.74. The predicted octanol–water partition coefficient (Wildman–Crippen LogP) is 2.38. The zero-order valence-corrected chi connectivity index (χ0v) is 12.2. The number of nitrogens with one attached hydrogen (secondary N) is 2. The Balaban J connectivity index is 2.14. The van der Waals surface area contributed by atoms with E-state index in [2.05, 4.69) is 25.9 Å². The number of thioether (sulfide) groups is 1. The van der Waals surface area contributed by atoms with Crippen molar-refractivity contribution in [3.63, 3.8) is 0 Å². The van der Waals surface area contributed by atoms with Crippen LogP contribution in [-0.4, -0.2) is 26.3 Å². The number of imidazole rings is 1. The van der Waals surface area contributed by atoms with Crippen LogP contribution in [0.5, 0.6) is 0 Å². The number of rotatable bonds is 5. The molecule has 0 saturated heterocycles. The third kappa shape index (κ3) is 3.82. The molecular weight excluding hydrogens is 330 g/mol. The Morgan fingerprint density at radius 2 is 2.32 bits per heavy atom. The van der Waals surface area contributed by atoms with E-state index in [1.807, 2.05) is 24.3 Å². The van der Waals surface area contributed by atoms with Crippen molar-refractivity contribution in [3.05, 3.63) is 47.0 Å². The lowest BCUT2D eigenvalue weighted by Gasteiger charge is -2.14. The van der Waals surface area contributed by atoms with E-state index >= 15 is 0 Å². The topological polar surface area (TPSA) is 78.0 Å². The molecule has 7 heteroatoms. The highest BCUT2D eigenvalue weighted by molar-refractivity contribution is 9.10. The molecule has 5 nitrogen and oxygen atoms in total. The number of carbonyl (C=O) groups excluding carboxylic acids is 1. The third-order valence-corrected chi connectivity index (χ3v) is 4.67. The molecule has 0 bridgehead atoms. The van der Waals surface area contributed by atoms with E-state index in [-0.39, 0.29) is 0 Å². The summed E-state index contributed by atoms with van der Waals surface area (Å²) in [6, 6.07) is 7.62. The highest BCUT2D eigenvalue weighted by Crippen LogP contribution is 2.31. The molecule has 0 aliphatic rings. The zero-order valence-electron chi connectivity index (χ0n) is 9.84. The number of nitrogens with zero attached hydrogens (tertiary/aromatic N) is 1. The molecule has 1 amide bonds. The first-order chi connectivity index (χ1) is 9.20. The maximum Gasteiger partial charge on any atom is 0.257 e. The predicted molar refractivity (Wildman–Crippen MR) is 76.0 cm³/mol. The fourth-order valence-corrected chi connectivity index (χ4v) is 3.15. The van der Waals surface area contributed by atoms with Gasteiger partial charge >= 0.3 is 0 Å². The lowest BCUT2D eigenvalue weighted by Crippen LogP contribution is -2.31. The molecule has 1 aromatic carbocycles. The summed E-state index contributed by atoms with van der Waals surface area (Å²) < 4.78 is 0.912. The largest absolute Gasteiger partial charge is 0.349 e. The quantitative estimate of drug-likeness (QED) is 0.443. The molecule has 100 valence electrons. The van der Waals surface area contributed by atoms with E-state index in [1.165, 1.54) is 11.8 Å². The number of halogens is 1. The molecule has 19 heavy (non-hydrogen) atoms. The first-order valence-electron chi connectivity index (χ1n) is 5.54. The van der Waals surface area contributed by atoms with E-state index in [1.54, 1.807) is 17.9 Å². The number of aromatic amines is 1. The Bertz CT molecular complexity index is 548. The molecule has 0 aliphatic heterocycles. The number of carbonyl (C=O) groups is 1. The van der Waals surface area contributed by atoms with Crippen LogP contribution in [-0.2, 0) is 11.2 Å². The molecule has 3 N–H and O–H groups in total. The van der Waals surface area contributed by atoms with Crippen LogP contribution in [0.3, 0.4) is 0 Å². The third-order valence-electron chi connectivity index (χ3n) is 2.44. The number of hydrogen-bond acceptors (Lipinski definition) is 4. The summed E-state index contributed by atoms with van der Waals surface area (Å²) >= 11 is 4.80. The minimum Gasteiger partial charge on any atom is -0.349 e. The van der Waals surface area contributed by atoms with Crippen molar-refractivity contribution in [3.8, 4) is 0 Å². The van der Waals surface area contributed by atoms with Crippen LogP contribution in [0.15, 0.2) is 46.0 Å². The standard InChI is InChI=1S/C12H12BrN3O2S/c13-8-3-1-2-4-9(8)19-10(12(17)16-18)7-11-14-5-6-15-11/h1-6,10,18H,7H2,(H,14,15)(H,16,17). The van der Waals surface area contributed by atoms with E-state index in [9.17, 15) is 4.79 Å². The van der Waals surface area contributed by atoms with Crippen molar-refractivity contribution >= 4 is 33.6 Å². The van der Waals surface area contributed by atoms with Crippen LogP contribution >= 0.6 is 27.7 Å². The van der Waals surface area contributed by atoms with Crippen molar-refractivity contribution < 1.29 is 10.0 Å². The van der Waals surface area contributed by atoms with Gasteiger partial charge in [0.25, 0.3) is 5.91 Å². The van der Waals surface area contributed by atoms with Crippen molar-refractivity contribution in [1.29, 1.82) is 0 Å². The van der Waals surface area contributed by atoms with Crippen LogP contribution in [0.25, 0.3) is 0 Å². The molecule has 1 atom stereocenters. The van der Waals surface area contributed by atoms with Gasteiger partial charge in [-0.3, -0.25) is 10.0 Å². The SMILES string of the molecule is O=C(NO)C(Cc1ncc[nH]1)Sc1ccccc1Br. The van der Waals surface area contributed by atoms with Gasteiger partial charge in [0.2, 0.25) is 0 Å². The smallest absolute Gasteiger partial charge is 0.257 e. The molecule has 0 radical (unpaired) electrons. The molecule has 0 aliphatic carbocycles. The Kier molecular flexibility index (Phi) is 5.00. The Labute approximate surface area is 122 Å². The van der Waals surface area contributed by atoms with E-state index in [0.717, 1.165) is 9.37 Å². The molecule has 0 saturated carbocycles. The Morgan fingerprint density at radius 3 is 2.95 bits per heavy atom. The van der Waals surface area contributed by atoms with Gasteiger partial charge in [0.05, 0.1) is 5.25 Å². The fraction of sp³-hybridized carbons (Fsp3) is 0.167. The van der Waals surface area contributed by atoms with Crippen molar-refractivity contribution in [2.45, 2.75) is 16.6 Å². The van der Waals surface area contributed by atoms with Gasteiger partial charge in [0.15, 0.2) is 0 Å². The second-order valence-electron chi connectivity index (χ2n) is 3.75. The number of aromatic nitrogens is 2. The summed E-state index contributed by atoms with van der Waals surface area (Å²) in [6.45, 7) is 0. The van der Waals surface area contributed by atoms with Crippen molar-refractivity contribution in [2.75, 3.05) is 0 Å². The molecule has 0 spiro atoms. The number of hydrogen-bond donors (Lipinski definition) is 3. The van der Waals surface area contributed by atoms with Crippen LogP contribution < -0.4 is 5.48 Å². The summed E-state index contributed by atoms with van der Waals surface area (Å²) in [7, 11) is 0. The normalized spacial score (nSPS) is 12.1. The minimum absolute atomic E-state index is 0.408. The van der Waals surface area contributed by atoms with Crippen molar-refractivity contribution in [1.82, 2.24) is 15.4 Å².